The monoisotopic (exact) mass is 290 g/mol. The number of rotatable bonds is 8. The minimum absolute atomic E-state index is 0.0480. The lowest BCUT2D eigenvalue weighted by molar-refractivity contribution is -0.123. The number of benzene rings is 1. The fourth-order valence-electron chi connectivity index (χ4n) is 2.75. The zero-order valence-electron chi connectivity index (χ0n) is 13.1. The van der Waals surface area contributed by atoms with Gasteiger partial charge >= 0.3 is 0 Å². The smallest absolute Gasteiger partial charge is 0.257 e. The van der Waals surface area contributed by atoms with Crippen molar-refractivity contribution >= 4 is 5.91 Å². The first-order chi connectivity index (χ1) is 10.3. The third-order valence-electron chi connectivity index (χ3n) is 3.80. The molecule has 0 aliphatic heterocycles. The Labute approximate surface area is 127 Å². The van der Waals surface area contributed by atoms with E-state index in [1.54, 1.807) is 0 Å². The second-order valence-corrected chi connectivity index (χ2v) is 5.51. The predicted octanol–water partition coefficient (Wildman–Crippen LogP) is 2.58. The largest absolute Gasteiger partial charge is 0.483 e. The van der Waals surface area contributed by atoms with Gasteiger partial charge in [0.1, 0.15) is 5.75 Å². The van der Waals surface area contributed by atoms with E-state index in [1.165, 1.54) is 11.1 Å². The molecule has 116 valence electrons. The number of carbonyl (C=O) groups excluding carboxylic acids is 1. The Bertz CT molecular complexity index is 474. The Morgan fingerprint density at radius 2 is 2.10 bits per heavy atom. The molecule has 2 N–H and O–H groups in total. The predicted molar refractivity (Wildman–Crippen MR) is 84.6 cm³/mol. The molecule has 0 saturated carbocycles. The highest BCUT2D eigenvalue weighted by Gasteiger charge is 2.24. The van der Waals surface area contributed by atoms with Crippen LogP contribution >= 0.6 is 0 Å². The van der Waals surface area contributed by atoms with Crippen LogP contribution in [-0.2, 0) is 11.2 Å². The normalized spacial score (nSPS) is 16.6. The molecule has 0 aromatic heterocycles. The molecule has 1 atom stereocenters. The van der Waals surface area contributed by atoms with Crippen molar-refractivity contribution in [2.45, 2.75) is 45.6 Å². The summed E-state index contributed by atoms with van der Waals surface area (Å²) in [5.74, 6) is 0.813. The average molecular weight is 290 g/mol. The zero-order chi connectivity index (χ0) is 15.1. The van der Waals surface area contributed by atoms with E-state index in [4.69, 9.17) is 4.74 Å². The van der Waals surface area contributed by atoms with Crippen LogP contribution in [0.1, 0.15) is 50.3 Å². The summed E-state index contributed by atoms with van der Waals surface area (Å²) in [5.41, 5.74) is 2.59. The van der Waals surface area contributed by atoms with Gasteiger partial charge in [0.2, 0.25) is 0 Å². The van der Waals surface area contributed by atoms with Crippen LogP contribution in [0.15, 0.2) is 18.2 Å². The third-order valence-corrected chi connectivity index (χ3v) is 3.80. The molecule has 1 aromatic carbocycles. The standard InChI is InChI=1S/C17H26N2O2/c1-3-10-18-15-9-8-14-13(15)6-5-7-16(14)21-12-17(20)19-11-4-2/h5-7,15,18H,3-4,8-12H2,1-2H3,(H,19,20). The summed E-state index contributed by atoms with van der Waals surface area (Å²) in [5, 5.41) is 6.40. The van der Waals surface area contributed by atoms with Gasteiger partial charge in [0, 0.05) is 12.6 Å². The highest BCUT2D eigenvalue weighted by atomic mass is 16.5. The van der Waals surface area contributed by atoms with Gasteiger partial charge < -0.3 is 15.4 Å². The summed E-state index contributed by atoms with van der Waals surface area (Å²) in [7, 11) is 0. The highest BCUT2D eigenvalue weighted by Crippen LogP contribution is 2.36. The minimum atomic E-state index is -0.0480. The summed E-state index contributed by atoms with van der Waals surface area (Å²) in [6, 6.07) is 6.58. The van der Waals surface area contributed by atoms with Crippen LogP contribution in [-0.4, -0.2) is 25.6 Å². The van der Waals surface area contributed by atoms with Crippen LogP contribution < -0.4 is 15.4 Å². The van der Waals surface area contributed by atoms with Crippen molar-refractivity contribution in [3.8, 4) is 5.75 Å². The van der Waals surface area contributed by atoms with E-state index in [0.717, 1.165) is 38.0 Å². The molecule has 0 fully saturated rings. The van der Waals surface area contributed by atoms with Gasteiger partial charge in [-0.3, -0.25) is 4.79 Å². The maximum Gasteiger partial charge on any atom is 0.257 e. The van der Waals surface area contributed by atoms with Crippen molar-refractivity contribution < 1.29 is 9.53 Å². The van der Waals surface area contributed by atoms with E-state index in [9.17, 15) is 4.79 Å². The summed E-state index contributed by atoms with van der Waals surface area (Å²) in [4.78, 5) is 11.6. The fraction of sp³-hybridized carbons (Fsp3) is 0.588. The van der Waals surface area contributed by atoms with Crippen molar-refractivity contribution in [2.75, 3.05) is 19.7 Å². The summed E-state index contributed by atoms with van der Waals surface area (Å²) >= 11 is 0. The number of hydrogen-bond acceptors (Lipinski definition) is 3. The Morgan fingerprint density at radius 3 is 2.86 bits per heavy atom. The number of carbonyl (C=O) groups is 1. The van der Waals surface area contributed by atoms with Gasteiger partial charge in [-0.2, -0.15) is 0 Å². The van der Waals surface area contributed by atoms with Crippen LogP contribution in [0.2, 0.25) is 0 Å². The van der Waals surface area contributed by atoms with Gasteiger partial charge in [-0.1, -0.05) is 26.0 Å². The third kappa shape index (κ3) is 4.21. The second kappa shape index (κ2) is 8.03. The molecule has 1 amide bonds. The molecule has 2 rings (SSSR count). The summed E-state index contributed by atoms with van der Waals surface area (Å²) < 4.78 is 5.72. The molecule has 0 saturated heterocycles. The van der Waals surface area contributed by atoms with Crippen LogP contribution in [0, 0.1) is 0 Å². The van der Waals surface area contributed by atoms with Crippen molar-refractivity contribution in [2.24, 2.45) is 0 Å². The van der Waals surface area contributed by atoms with Gasteiger partial charge in [-0.15, -0.1) is 0 Å². The molecule has 1 aromatic rings. The first-order valence-electron chi connectivity index (χ1n) is 8.00. The molecule has 0 radical (unpaired) electrons. The molecule has 0 heterocycles. The molecule has 1 aliphatic rings. The molecular formula is C17H26N2O2. The van der Waals surface area contributed by atoms with Crippen molar-refractivity contribution in [1.82, 2.24) is 10.6 Å². The van der Waals surface area contributed by atoms with Crippen molar-refractivity contribution in [1.29, 1.82) is 0 Å². The summed E-state index contributed by atoms with van der Waals surface area (Å²) in [6.45, 7) is 6.06. The fourth-order valence-corrected chi connectivity index (χ4v) is 2.75. The van der Waals surface area contributed by atoms with Crippen LogP contribution in [0.5, 0.6) is 5.75 Å². The molecule has 4 nitrogen and oxygen atoms in total. The number of hydrogen-bond donors (Lipinski definition) is 2. The Balaban J connectivity index is 1.96. The topological polar surface area (TPSA) is 50.4 Å². The first kappa shape index (κ1) is 15.8. The molecule has 1 unspecified atom stereocenters. The quantitative estimate of drug-likeness (QED) is 0.773. The number of nitrogens with one attached hydrogen (secondary N) is 2. The number of fused-ring (bicyclic) bond motifs is 1. The molecule has 4 heteroatoms. The van der Waals surface area contributed by atoms with Crippen LogP contribution in [0.4, 0.5) is 0 Å². The van der Waals surface area contributed by atoms with E-state index in [-0.39, 0.29) is 12.5 Å². The number of ether oxygens (including phenoxy) is 1. The highest BCUT2D eigenvalue weighted by molar-refractivity contribution is 5.77. The van der Waals surface area contributed by atoms with Gasteiger partial charge in [0.05, 0.1) is 0 Å². The zero-order valence-corrected chi connectivity index (χ0v) is 13.1. The lowest BCUT2D eigenvalue weighted by Crippen LogP contribution is -2.29. The van der Waals surface area contributed by atoms with E-state index in [0.29, 0.717) is 12.6 Å². The summed E-state index contributed by atoms with van der Waals surface area (Å²) in [6.07, 6.45) is 4.21. The van der Waals surface area contributed by atoms with E-state index in [2.05, 4.69) is 23.6 Å². The van der Waals surface area contributed by atoms with Gasteiger partial charge in [-0.25, -0.2) is 0 Å². The molecule has 21 heavy (non-hydrogen) atoms. The average Bonchev–Trinajstić information content (AvgIpc) is 2.92. The first-order valence-corrected chi connectivity index (χ1v) is 8.00. The Hall–Kier alpha value is -1.55. The molecule has 0 spiro atoms. The van der Waals surface area contributed by atoms with Gasteiger partial charge in [0.25, 0.3) is 5.91 Å². The van der Waals surface area contributed by atoms with E-state index >= 15 is 0 Å². The van der Waals surface area contributed by atoms with Gasteiger partial charge in [-0.05, 0) is 49.4 Å². The van der Waals surface area contributed by atoms with Crippen molar-refractivity contribution in [3.05, 3.63) is 29.3 Å². The maximum atomic E-state index is 11.6. The lowest BCUT2D eigenvalue weighted by Gasteiger charge is -2.14. The van der Waals surface area contributed by atoms with Crippen molar-refractivity contribution in [3.63, 3.8) is 0 Å². The Kier molecular flexibility index (Phi) is 6.05. The van der Waals surface area contributed by atoms with E-state index < -0.39 is 0 Å². The maximum absolute atomic E-state index is 11.6. The molecule has 0 bridgehead atoms. The SMILES string of the molecule is CCCNC(=O)COc1cccc2c1CCC2NCCC. The minimum Gasteiger partial charge on any atom is -0.483 e. The number of amides is 1. The second-order valence-electron chi connectivity index (χ2n) is 5.51. The van der Waals surface area contributed by atoms with E-state index in [1.807, 2.05) is 19.1 Å². The molecular weight excluding hydrogens is 264 g/mol. The lowest BCUT2D eigenvalue weighted by atomic mass is 10.1. The van der Waals surface area contributed by atoms with Crippen LogP contribution in [0.3, 0.4) is 0 Å². The molecule has 1 aliphatic carbocycles. The van der Waals surface area contributed by atoms with Gasteiger partial charge in [0.15, 0.2) is 6.61 Å². The Morgan fingerprint density at radius 1 is 1.29 bits per heavy atom. The van der Waals surface area contributed by atoms with Crippen LogP contribution in [0.25, 0.3) is 0 Å².